The molecule has 3 heteroatoms. The fraction of sp³-hybridized carbons (Fsp3) is 0.375. The van der Waals surface area contributed by atoms with Crippen molar-refractivity contribution < 1.29 is 4.79 Å². The number of hydrogen-bond donors (Lipinski definition) is 1. The molecule has 0 atom stereocenters. The Morgan fingerprint density at radius 3 is 2.84 bits per heavy atom. The van der Waals surface area contributed by atoms with Crippen molar-refractivity contribution in [3.63, 3.8) is 0 Å². The molecule has 0 radical (unpaired) electrons. The van der Waals surface area contributed by atoms with Crippen LogP contribution in [0.3, 0.4) is 0 Å². The first-order chi connectivity index (χ1) is 9.34. The van der Waals surface area contributed by atoms with Gasteiger partial charge in [0.15, 0.2) is 5.78 Å². The Morgan fingerprint density at radius 2 is 2.00 bits per heavy atom. The van der Waals surface area contributed by atoms with E-state index in [1.54, 1.807) is 6.20 Å². The van der Waals surface area contributed by atoms with Gasteiger partial charge in [0.2, 0.25) is 0 Å². The van der Waals surface area contributed by atoms with Crippen LogP contribution in [-0.4, -0.2) is 23.4 Å². The van der Waals surface area contributed by atoms with Gasteiger partial charge < -0.3 is 5.32 Å². The highest BCUT2D eigenvalue weighted by molar-refractivity contribution is 6.07. The average Bonchev–Trinajstić information content (AvgIpc) is 2.97. The number of ketones is 1. The molecule has 1 aromatic carbocycles. The van der Waals surface area contributed by atoms with Gasteiger partial charge in [-0.05, 0) is 25.0 Å². The Kier molecular flexibility index (Phi) is 3.56. The number of para-hydroxylation sites is 1. The highest BCUT2D eigenvalue weighted by Gasteiger charge is 2.17. The van der Waals surface area contributed by atoms with Gasteiger partial charge in [-0.1, -0.05) is 31.0 Å². The average molecular weight is 254 g/mol. The van der Waals surface area contributed by atoms with Crippen molar-refractivity contribution in [3.8, 4) is 0 Å². The number of aromatic nitrogens is 1. The van der Waals surface area contributed by atoms with Crippen LogP contribution < -0.4 is 5.32 Å². The number of nitrogens with one attached hydrogen (secondary N) is 1. The summed E-state index contributed by atoms with van der Waals surface area (Å²) in [5.74, 6) is 0.135. The minimum atomic E-state index is 0.135. The topological polar surface area (TPSA) is 42.0 Å². The highest BCUT2D eigenvalue weighted by Crippen LogP contribution is 2.19. The van der Waals surface area contributed by atoms with Crippen LogP contribution >= 0.6 is 0 Å². The molecular weight excluding hydrogens is 236 g/mol. The second kappa shape index (κ2) is 5.49. The number of pyridine rings is 1. The van der Waals surface area contributed by atoms with Crippen LogP contribution in [0.4, 0.5) is 0 Å². The Hall–Kier alpha value is -1.74. The molecule has 3 rings (SSSR count). The van der Waals surface area contributed by atoms with Gasteiger partial charge in [0.25, 0.3) is 0 Å². The Labute approximate surface area is 113 Å². The van der Waals surface area contributed by atoms with Crippen LogP contribution in [0.5, 0.6) is 0 Å². The summed E-state index contributed by atoms with van der Waals surface area (Å²) in [6, 6.07) is 10.2. The molecule has 0 aliphatic heterocycles. The zero-order valence-electron chi connectivity index (χ0n) is 10.9. The zero-order valence-corrected chi connectivity index (χ0v) is 10.9. The molecule has 1 fully saturated rings. The van der Waals surface area contributed by atoms with Crippen LogP contribution in [-0.2, 0) is 0 Å². The quantitative estimate of drug-likeness (QED) is 0.853. The van der Waals surface area contributed by atoms with Gasteiger partial charge in [0.1, 0.15) is 0 Å². The fourth-order valence-corrected chi connectivity index (χ4v) is 2.79. The van der Waals surface area contributed by atoms with Crippen molar-refractivity contribution in [3.05, 3.63) is 42.1 Å². The summed E-state index contributed by atoms with van der Waals surface area (Å²) >= 11 is 0. The summed E-state index contributed by atoms with van der Waals surface area (Å²) in [5, 5.41) is 4.39. The lowest BCUT2D eigenvalue weighted by molar-refractivity contribution is 0.0989. The number of carbonyl (C=O) groups is 1. The normalized spacial score (nSPS) is 16.0. The van der Waals surface area contributed by atoms with Crippen LogP contribution in [0.15, 0.2) is 36.5 Å². The van der Waals surface area contributed by atoms with E-state index in [9.17, 15) is 4.79 Å². The molecule has 19 heavy (non-hydrogen) atoms. The van der Waals surface area contributed by atoms with Gasteiger partial charge in [-0.25, -0.2) is 0 Å². The van der Waals surface area contributed by atoms with Gasteiger partial charge in [-0.3, -0.25) is 9.78 Å². The molecular formula is C16H18N2O. The maximum atomic E-state index is 12.3. The largest absolute Gasteiger partial charge is 0.307 e. The van der Waals surface area contributed by atoms with E-state index in [0.717, 1.165) is 16.5 Å². The predicted molar refractivity (Wildman–Crippen MR) is 76.3 cm³/mol. The van der Waals surface area contributed by atoms with Crippen molar-refractivity contribution >= 4 is 16.7 Å². The fourth-order valence-electron chi connectivity index (χ4n) is 2.79. The molecule has 0 spiro atoms. The minimum absolute atomic E-state index is 0.135. The highest BCUT2D eigenvalue weighted by atomic mass is 16.1. The van der Waals surface area contributed by atoms with Gasteiger partial charge in [-0.15, -0.1) is 0 Å². The Bertz CT molecular complexity index is 583. The first-order valence-electron chi connectivity index (χ1n) is 6.95. The van der Waals surface area contributed by atoms with E-state index in [-0.39, 0.29) is 5.78 Å². The maximum absolute atomic E-state index is 12.3. The molecule has 98 valence electrons. The second-order valence-electron chi connectivity index (χ2n) is 5.17. The zero-order chi connectivity index (χ0) is 13.1. The molecule has 1 N–H and O–H groups in total. The Morgan fingerprint density at radius 1 is 1.21 bits per heavy atom. The smallest absolute Gasteiger partial charge is 0.178 e. The lowest BCUT2D eigenvalue weighted by Gasteiger charge is -2.11. The van der Waals surface area contributed by atoms with Gasteiger partial charge >= 0.3 is 0 Å². The molecule has 0 amide bonds. The number of rotatable bonds is 4. The van der Waals surface area contributed by atoms with E-state index >= 15 is 0 Å². The molecule has 3 nitrogen and oxygen atoms in total. The van der Waals surface area contributed by atoms with Crippen LogP contribution in [0, 0.1) is 0 Å². The first-order valence-corrected chi connectivity index (χ1v) is 6.95. The third-order valence-corrected chi connectivity index (χ3v) is 3.84. The molecule has 0 bridgehead atoms. The monoisotopic (exact) mass is 254 g/mol. The summed E-state index contributed by atoms with van der Waals surface area (Å²) in [7, 11) is 0. The molecule has 0 unspecified atom stereocenters. The van der Waals surface area contributed by atoms with Crippen LogP contribution in [0.1, 0.15) is 36.0 Å². The molecule has 1 aromatic heterocycles. The third kappa shape index (κ3) is 2.66. The van der Waals surface area contributed by atoms with Crippen molar-refractivity contribution in [1.29, 1.82) is 0 Å². The number of benzene rings is 1. The lowest BCUT2D eigenvalue weighted by atomic mass is 10.1. The molecule has 0 saturated heterocycles. The van der Waals surface area contributed by atoms with Crippen molar-refractivity contribution in [1.82, 2.24) is 10.3 Å². The maximum Gasteiger partial charge on any atom is 0.178 e. The van der Waals surface area contributed by atoms with Gasteiger partial charge in [0.05, 0.1) is 12.1 Å². The summed E-state index contributed by atoms with van der Waals surface area (Å²) in [5.41, 5.74) is 1.53. The van der Waals surface area contributed by atoms with Crippen LogP contribution in [0.25, 0.3) is 10.9 Å². The number of Topliss-reactive ketones (excluding diaryl/α,β-unsaturated/α-hetero) is 1. The van der Waals surface area contributed by atoms with E-state index in [0.29, 0.717) is 12.6 Å². The summed E-state index contributed by atoms with van der Waals surface area (Å²) in [6.45, 7) is 0.417. The third-order valence-electron chi connectivity index (χ3n) is 3.84. The molecule has 1 aliphatic rings. The van der Waals surface area contributed by atoms with E-state index in [4.69, 9.17) is 0 Å². The van der Waals surface area contributed by atoms with Gasteiger partial charge in [-0.2, -0.15) is 0 Å². The summed E-state index contributed by atoms with van der Waals surface area (Å²) < 4.78 is 0. The number of carbonyl (C=O) groups excluding carboxylic acids is 1. The number of nitrogens with zero attached hydrogens (tertiary/aromatic N) is 1. The van der Waals surface area contributed by atoms with Gasteiger partial charge in [0, 0.05) is 23.2 Å². The van der Waals surface area contributed by atoms with Crippen molar-refractivity contribution in [2.24, 2.45) is 0 Å². The summed E-state index contributed by atoms with van der Waals surface area (Å²) in [6.07, 6.45) is 6.69. The van der Waals surface area contributed by atoms with Crippen LogP contribution in [0.2, 0.25) is 0 Å². The van der Waals surface area contributed by atoms with E-state index < -0.39 is 0 Å². The van der Waals surface area contributed by atoms with Crippen molar-refractivity contribution in [2.45, 2.75) is 31.7 Å². The molecule has 1 heterocycles. The second-order valence-corrected chi connectivity index (χ2v) is 5.17. The lowest BCUT2D eigenvalue weighted by Crippen LogP contribution is -2.31. The SMILES string of the molecule is O=C(CNC1CCCC1)c1cccc2cccnc12. The Balaban J connectivity index is 1.77. The summed E-state index contributed by atoms with van der Waals surface area (Å²) in [4.78, 5) is 16.6. The first kappa shape index (κ1) is 12.3. The molecule has 1 aliphatic carbocycles. The molecule has 2 aromatic rings. The van der Waals surface area contributed by atoms with Crippen molar-refractivity contribution in [2.75, 3.05) is 6.54 Å². The van der Waals surface area contributed by atoms with E-state index in [1.165, 1.54) is 25.7 Å². The van der Waals surface area contributed by atoms with E-state index in [2.05, 4.69) is 10.3 Å². The minimum Gasteiger partial charge on any atom is -0.307 e. The number of hydrogen-bond acceptors (Lipinski definition) is 3. The van der Waals surface area contributed by atoms with E-state index in [1.807, 2.05) is 30.3 Å². The predicted octanol–water partition coefficient (Wildman–Crippen LogP) is 2.95. The number of fused-ring (bicyclic) bond motifs is 1. The standard InChI is InChI=1S/C16H18N2O/c19-15(11-18-13-7-1-2-8-13)14-9-3-5-12-6-4-10-17-16(12)14/h3-6,9-10,13,18H,1-2,7-8,11H2. The molecule has 1 saturated carbocycles.